The minimum absolute atomic E-state index is 0.123. The molecule has 7 heteroatoms. The summed E-state index contributed by atoms with van der Waals surface area (Å²) in [7, 11) is 0. The van der Waals surface area contributed by atoms with Crippen molar-refractivity contribution in [2.75, 3.05) is 11.9 Å². The van der Waals surface area contributed by atoms with Crippen LogP contribution < -0.4 is 10.8 Å². The number of urea groups is 1. The van der Waals surface area contributed by atoms with Gasteiger partial charge < -0.3 is 5.32 Å². The fraction of sp³-hybridized carbons (Fsp3) is 0.417. The average Bonchev–Trinajstić information content (AvgIpc) is 2.35. The van der Waals surface area contributed by atoms with Crippen LogP contribution in [0.2, 0.25) is 0 Å². The maximum absolute atomic E-state index is 11.5. The summed E-state index contributed by atoms with van der Waals surface area (Å²) in [6.07, 6.45) is 0.811. The first-order valence-corrected chi connectivity index (χ1v) is 5.93. The van der Waals surface area contributed by atoms with Crippen molar-refractivity contribution in [3.63, 3.8) is 0 Å². The molecule has 1 rings (SSSR count). The number of nitrogens with zero attached hydrogens (tertiary/aromatic N) is 1. The Labute approximate surface area is 111 Å². The van der Waals surface area contributed by atoms with Gasteiger partial charge in [-0.1, -0.05) is 26.0 Å². The van der Waals surface area contributed by atoms with Gasteiger partial charge >= 0.3 is 6.03 Å². The molecule has 0 aliphatic rings. The van der Waals surface area contributed by atoms with E-state index in [9.17, 15) is 14.9 Å². The minimum Gasteiger partial charge on any atom is -0.300 e. The number of nitrogens with one attached hydrogen (secondary N) is 2. The molecule has 0 heterocycles. The Morgan fingerprint density at radius 3 is 2.74 bits per heavy atom. The number of para-hydroxylation sites is 2. The molecule has 0 aliphatic heterocycles. The van der Waals surface area contributed by atoms with E-state index >= 15 is 0 Å². The first-order valence-electron chi connectivity index (χ1n) is 5.93. The average molecular weight is 267 g/mol. The first-order chi connectivity index (χ1) is 9.00. The maximum atomic E-state index is 11.5. The van der Waals surface area contributed by atoms with Crippen molar-refractivity contribution in [3.8, 4) is 0 Å². The molecule has 0 fully saturated rings. The van der Waals surface area contributed by atoms with Crippen molar-refractivity contribution in [1.29, 1.82) is 0 Å². The van der Waals surface area contributed by atoms with Crippen molar-refractivity contribution in [3.05, 3.63) is 34.4 Å². The van der Waals surface area contributed by atoms with Crippen LogP contribution >= 0.6 is 0 Å². The lowest BCUT2D eigenvalue weighted by molar-refractivity contribution is -0.383. The van der Waals surface area contributed by atoms with E-state index in [1.165, 1.54) is 18.2 Å². The number of carbonyl (C=O) groups excluding carboxylic acids is 1. The third kappa shape index (κ3) is 5.35. The Kier molecular flexibility index (Phi) is 5.74. The van der Waals surface area contributed by atoms with Gasteiger partial charge in [-0.3, -0.25) is 15.0 Å². The molecule has 1 aromatic rings. The highest BCUT2D eigenvalue weighted by Crippen LogP contribution is 2.22. The number of carbonyl (C=O) groups is 1. The number of hydrogen-bond donors (Lipinski definition) is 2. The highest BCUT2D eigenvalue weighted by molar-refractivity contribution is 5.91. The Morgan fingerprint density at radius 2 is 2.11 bits per heavy atom. The van der Waals surface area contributed by atoms with Crippen LogP contribution in [-0.2, 0) is 4.84 Å². The third-order valence-corrected chi connectivity index (χ3v) is 2.31. The molecule has 1 aromatic carbocycles. The van der Waals surface area contributed by atoms with Gasteiger partial charge in [0.1, 0.15) is 5.69 Å². The van der Waals surface area contributed by atoms with Gasteiger partial charge in [-0.25, -0.2) is 10.3 Å². The Bertz CT molecular complexity index is 448. The van der Waals surface area contributed by atoms with Crippen molar-refractivity contribution in [2.24, 2.45) is 5.92 Å². The lowest BCUT2D eigenvalue weighted by Crippen LogP contribution is -2.29. The molecule has 0 saturated carbocycles. The van der Waals surface area contributed by atoms with Crippen molar-refractivity contribution >= 4 is 17.4 Å². The number of hydroxylamine groups is 1. The van der Waals surface area contributed by atoms with Gasteiger partial charge in [-0.2, -0.15) is 0 Å². The van der Waals surface area contributed by atoms with Gasteiger partial charge in [0.15, 0.2) is 0 Å². The van der Waals surface area contributed by atoms with Gasteiger partial charge in [0, 0.05) is 6.07 Å². The topological polar surface area (TPSA) is 93.5 Å². The van der Waals surface area contributed by atoms with E-state index in [1.807, 2.05) is 13.8 Å². The predicted octanol–water partition coefficient (Wildman–Crippen LogP) is 2.69. The smallest absolute Gasteiger partial charge is 0.300 e. The number of hydrogen-bond acceptors (Lipinski definition) is 4. The molecular weight excluding hydrogens is 250 g/mol. The van der Waals surface area contributed by atoms with Crippen molar-refractivity contribution in [1.82, 2.24) is 5.48 Å². The number of benzene rings is 1. The van der Waals surface area contributed by atoms with E-state index in [-0.39, 0.29) is 11.4 Å². The van der Waals surface area contributed by atoms with Crippen LogP contribution in [0.4, 0.5) is 16.2 Å². The van der Waals surface area contributed by atoms with Crippen LogP contribution in [0.3, 0.4) is 0 Å². The van der Waals surface area contributed by atoms with Crippen LogP contribution in [0.25, 0.3) is 0 Å². The fourth-order valence-electron chi connectivity index (χ4n) is 1.30. The molecule has 0 spiro atoms. The van der Waals surface area contributed by atoms with Crippen LogP contribution in [-0.4, -0.2) is 17.6 Å². The summed E-state index contributed by atoms with van der Waals surface area (Å²) < 4.78 is 0. The van der Waals surface area contributed by atoms with Crippen LogP contribution in [0.1, 0.15) is 20.3 Å². The van der Waals surface area contributed by atoms with Gasteiger partial charge in [-0.15, -0.1) is 0 Å². The zero-order valence-electron chi connectivity index (χ0n) is 10.9. The van der Waals surface area contributed by atoms with E-state index < -0.39 is 11.0 Å². The second kappa shape index (κ2) is 7.32. The van der Waals surface area contributed by atoms with Crippen LogP contribution in [0, 0.1) is 16.0 Å². The molecule has 0 aromatic heterocycles. The summed E-state index contributed by atoms with van der Waals surface area (Å²) in [5.41, 5.74) is 2.14. The number of nitro groups is 1. The van der Waals surface area contributed by atoms with E-state index in [2.05, 4.69) is 10.8 Å². The molecule has 0 radical (unpaired) electrons. The zero-order chi connectivity index (χ0) is 14.3. The molecule has 0 unspecified atom stereocenters. The molecular formula is C12H17N3O4. The van der Waals surface area contributed by atoms with Crippen molar-refractivity contribution < 1.29 is 14.6 Å². The molecule has 0 saturated heterocycles. The molecule has 0 aliphatic carbocycles. The SMILES string of the molecule is CC(C)CCONC(=O)Nc1ccccc1[N+](=O)[O-]. The first kappa shape index (κ1) is 14.9. The normalized spacial score (nSPS) is 10.3. The Hall–Kier alpha value is -2.15. The van der Waals surface area contributed by atoms with Gasteiger partial charge in [0.25, 0.3) is 5.69 Å². The second-order valence-corrected chi connectivity index (χ2v) is 4.36. The summed E-state index contributed by atoms with van der Waals surface area (Å²) in [5, 5.41) is 13.1. The Morgan fingerprint density at radius 1 is 1.42 bits per heavy atom. The van der Waals surface area contributed by atoms with E-state index in [4.69, 9.17) is 4.84 Å². The summed E-state index contributed by atoms with van der Waals surface area (Å²) in [5.74, 6) is 0.472. The molecule has 2 amide bonds. The highest BCUT2D eigenvalue weighted by Gasteiger charge is 2.14. The maximum Gasteiger partial charge on any atom is 0.343 e. The molecule has 19 heavy (non-hydrogen) atoms. The number of rotatable bonds is 6. The largest absolute Gasteiger partial charge is 0.343 e. The van der Waals surface area contributed by atoms with E-state index in [0.29, 0.717) is 12.5 Å². The lowest BCUT2D eigenvalue weighted by Gasteiger charge is -2.09. The minimum atomic E-state index is -0.641. The Balaban J connectivity index is 2.46. The molecule has 104 valence electrons. The highest BCUT2D eigenvalue weighted by atomic mass is 16.7. The summed E-state index contributed by atoms with van der Waals surface area (Å²) in [4.78, 5) is 26.6. The summed E-state index contributed by atoms with van der Waals surface area (Å²) in [6, 6.07) is 5.25. The number of amides is 2. The van der Waals surface area contributed by atoms with Gasteiger partial charge in [0.2, 0.25) is 0 Å². The molecule has 0 bridgehead atoms. The predicted molar refractivity (Wildman–Crippen MR) is 70.7 cm³/mol. The van der Waals surface area contributed by atoms with E-state index in [0.717, 1.165) is 6.42 Å². The van der Waals surface area contributed by atoms with Crippen LogP contribution in [0.5, 0.6) is 0 Å². The van der Waals surface area contributed by atoms with E-state index in [1.54, 1.807) is 6.07 Å². The number of anilines is 1. The number of nitro benzene ring substituents is 1. The van der Waals surface area contributed by atoms with Gasteiger partial charge in [0.05, 0.1) is 11.5 Å². The standard InChI is InChI=1S/C12H17N3O4/c1-9(2)7-8-19-14-12(16)13-10-5-3-4-6-11(10)15(17)18/h3-6,9H,7-8H2,1-2H3,(H2,13,14,16). The summed E-state index contributed by atoms with van der Waals surface area (Å²) in [6.45, 7) is 4.47. The summed E-state index contributed by atoms with van der Waals surface area (Å²) >= 11 is 0. The monoisotopic (exact) mass is 267 g/mol. The van der Waals surface area contributed by atoms with Crippen molar-refractivity contribution in [2.45, 2.75) is 20.3 Å². The fourth-order valence-corrected chi connectivity index (χ4v) is 1.30. The quantitative estimate of drug-likeness (QED) is 0.470. The molecule has 0 atom stereocenters. The van der Waals surface area contributed by atoms with Gasteiger partial charge in [-0.05, 0) is 18.4 Å². The van der Waals surface area contributed by atoms with Crippen LogP contribution in [0.15, 0.2) is 24.3 Å². The second-order valence-electron chi connectivity index (χ2n) is 4.36. The third-order valence-electron chi connectivity index (χ3n) is 2.31. The molecule has 7 nitrogen and oxygen atoms in total. The zero-order valence-corrected chi connectivity index (χ0v) is 10.9. The molecule has 2 N–H and O–H groups in total. The lowest BCUT2D eigenvalue weighted by atomic mass is 10.1.